The number of hydrogen-bond donors (Lipinski definition) is 1. The number of carboxylic acids is 1. The van der Waals surface area contributed by atoms with E-state index in [-0.39, 0.29) is 0 Å². The molecule has 1 saturated heterocycles. The molecule has 0 amide bonds. The number of likely N-dealkylation sites (N-methyl/N-ethyl adjacent to an activating group) is 1. The summed E-state index contributed by atoms with van der Waals surface area (Å²) in [4.78, 5) is 16.0. The van der Waals surface area contributed by atoms with Gasteiger partial charge in [0.1, 0.15) is 0 Å². The Morgan fingerprint density at radius 3 is 2.74 bits per heavy atom. The van der Waals surface area contributed by atoms with Crippen LogP contribution in [0.15, 0.2) is 24.3 Å². The number of carboxylic acid groups (broad SMARTS) is 1. The quantitative estimate of drug-likeness (QED) is 0.900. The van der Waals surface area contributed by atoms with Crippen LogP contribution in [0.3, 0.4) is 0 Å². The number of benzene rings is 1. The Morgan fingerprint density at radius 1 is 1.37 bits per heavy atom. The third-order valence-corrected chi connectivity index (χ3v) is 3.90. The van der Waals surface area contributed by atoms with Crippen molar-refractivity contribution < 1.29 is 9.90 Å². The molecule has 1 heterocycles. The minimum absolute atomic E-state index is 0.424. The fraction of sp³-hybridized carbons (Fsp3) is 0.533. The molecule has 1 aliphatic rings. The summed E-state index contributed by atoms with van der Waals surface area (Å²) < 4.78 is 0. The Balaban J connectivity index is 2.04. The summed E-state index contributed by atoms with van der Waals surface area (Å²) in [6.45, 7) is 9.30. The number of nitrogens with zero attached hydrogens (tertiary/aromatic N) is 2. The van der Waals surface area contributed by atoms with Crippen LogP contribution in [0.2, 0.25) is 0 Å². The molecule has 1 fully saturated rings. The Kier molecular flexibility index (Phi) is 4.56. The number of aromatic carboxylic acids is 1. The molecule has 2 rings (SSSR count). The molecule has 1 aromatic carbocycles. The van der Waals surface area contributed by atoms with Crippen molar-refractivity contribution in [2.24, 2.45) is 0 Å². The highest BCUT2D eigenvalue weighted by molar-refractivity contribution is 5.89. The molecular formula is C15H22N2O2. The normalized spacial score (nSPS) is 21.5. The standard InChI is InChI=1S/C15H22N2O2/c1-3-17-9-8-16(10-12(17)2)11-13-6-4-5-7-14(13)15(18)19/h4-7,12H,3,8-11H2,1-2H3,(H,18,19). The van der Waals surface area contributed by atoms with E-state index in [1.165, 1.54) is 0 Å². The van der Waals surface area contributed by atoms with Crippen LogP contribution in [-0.4, -0.2) is 53.1 Å². The molecule has 104 valence electrons. The van der Waals surface area contributed by atoms with Gasteiger partial charge in [-0.1, -0.05) is 25.1 Å². The van der Waals surface area contributed by atoms with Crippen molar-refractivity contribution in [3.05, 3.63) is 35.4 Å². The van der Waals surface area contributed by atoms with Gasteiger partial charge in [0.15, 0.2) is 0 Å². The van der Waals surface area contributed by atoms with Gasteiger partial charge in [0.25, 0.3) is 0 Å². The maximum Gasteiger partial charge on any atom is 0.336 e. The molecule has 1 aromatic rings. The lowest BCUT2D eigenvalue weighted by molar-refractivity contribution is 0.0686. The maximum absolute atomic E-state index is 11.2. The third-order valence-electron chi connectivity index (χ3n) is 3.90. The van der Waals surface area contributed by atoms with Crippen LogP contribution >= 0.6 is 0 Å². The van der Waals surface area contributed by atoms with Gasteiger partial charge >= 0.3 is 5.97 Å². The van der Waals surface area contributed by atoms with Crippen molar-refractivity contribution in [3.63, 3.8) is 0 Å². The van der Waals surface area contributed by atoms with Crippen LogP contribution in [-0.2, 0) is 6.54 Å². The van der Waals surface area contributed by atoms with Gasteiger partial charge < -0.3 is 5.11 Å². The summed E-state index contributed by atoms with van der Waals surface area (Å²) in [5.74, 6) is -0.837. The van der Waals surface area contributed by atoms with E-state index in [2.05, 4.69) is 23.6 Å². The van der Waals surface area contributed by atoms with Crippen LogP contribution in [0.5, 0.6) is 0 Å². The topological polar surface area (TPSA) is 43.8 Å². The first kappa shape index (κ1) is 14.0. The number of piperazine rings is 1. The smallest absolute Gasteiger partial charge is 0.336 e. The van der Waals surface area contributed by atoms with Crippen molar-refractivity contribution in [1.82, 2.24) is 9.80 Å². The molecule has 1 N–H and O–H groups in total. The molecule has 4 heteroatoms. The van der Waals surface area contributed by atoms with Gasteiger partial charge in [-0.3, -0.25) is 9.80 Å². The first-order valence-corrected chi connectivity index (χ1v) is 6.89. The van der Waals surface area contributed by atoms with Gasteiger partial charge in [-0.05, 0) is 25.1 Å². The predicted molar refractivity (Wildman–Crippen MR) is 75.4 cm³/mol. The monoisotopic (exact) mass is 262 g/mol. The lowest BCUT2D eigenvalue weighted by Crippen LogP contribution is -2.51. The lowest BCUT2D eigenvalue weighted by Gasteiger charge is -2.39. The van der Waals surface area contributed by atoms with Gasteiger partial charge in [-0.2, -0.15) is 0 Å². The van der Waals surface area contributed by atoms with E-state index in [9.17, 15) is 9.90 Å². The SMILES string of the molecule is CCN1CCN(Cc2ccccc2C(=O)O)CC1C. The van der Waals surface area contributed by atoms with E-state index >= 15 is 0 Å². The zero-order chi connectivity index (χ0) is 13.8. The predicted octanol–water partition coefficient (Wildman–Crippen LogP) is 1.91. The number of hydrogen-bond acceptors (Lipinski definition) is 3. The maximum atomic E-state index is 11.2. The molecule has 0 saturated carbocycles. The Labute approximate surface area is 114 Å². The first-order chi connectivity index (χ1) is 9.11. The van der Waals surface area contributed by atoms with Crippen molar-refractivity contribution in [2.45, 2.75) is 26.4 Å². The molecule has 0 radical (unpaired) electrons. The molecule has 4 nitrogen and oxygen atoms in total. The molecule has 1 atom stereocenters. The van der Waals surface area contributed by atoms with Crippen molar-refractivity contribution in [3.8, 4) is 0 Å². The summed E-state index contributed by atoms with van der Waals surface area (Å²) in [5.41, 5.74) is 1.33. The van der Waals surface area contributed by atoms with Gasteiger partial charge in [-0.25, -0.2) is 4.79 Å². The van der Waals surface area contributed by atoms with Gasteiger partial charge in [0.2, 0.25) is 0 Å². The Morgan fingerprint density at radius 2 is 2.11 bits per heavy atom. The molecule has 19 heavy (non-hydrogen) atoms. The van der Waals surface area contributed by atoms with Crippen LogP contribution < -0.4 is 0 Å². The highest BCUT2D eigenvalue weighted by Crippen LogP contribution is 2.15. The zero-order valence-electron chi connectivity index (χ0n) is 11.7. The van der Waals surface area contributed by atoms with Crippen molar-refractivity contribution in [1.29, 1.82) is 0 Å². The number of carbonyl (C=O) groups is 1. The molecule has 0 aliphatic carbocycles. The van der Waals surface area contributed by atoms with Crippen LogP contribution in [0.4, 0.5) is 0 Å². The van der Waals surface area contributed by atoms with Crippen molar-refractivity contribution in [2.75, 3.05) is 26.2 Å². The van der Waals surface area contributed by atoms with Crippen molar-refractivity contribution >= 4 is 5.97 Å². The molecule has 1 aliphatic heterocycles. The third kappa shape index (κ3) is 3.33. The second-order valence-corrected chi connectivity index (χ2v) is 5.18. The highest BCUT2D eigenvalue weighted by atomic mass is 16.4. The molecule has 0 bridgehead atoms. The van der Waals surface area contributed by atoms with E-state index in [4.69, 9.17) is 0 Å². The zero-order valence-corrected chi connectivity index (χ0v) is 11.7. The van der Waals surface area contributed by atoms with Crippen LogP contribution in [0.25, 0.3) is 0 Å². The van der Waals surface area contributed by atoms with Gasteiger partial charge in [0.05, 0.1) is 5.56 Å². The minimum Gasteiger partial charge on any atom is -0.478 e. The highest BCUT2D eigenvalue weighted by Gasteiger charge is 2.23. The molecule has 1 unspecified atom stereocenters. The number of rotatable bonds is 4. The second kappa shape index (κ2) is 6.17. The Hall–Kier alpha value is -1.39. The fourth-order valence-electron chi connectivity index (χ4n) is 2.79. The summed E-state index contributed by atoms with van der Waals surface area (Å²) >= 11 is 0. The summed E-state index contributed by atoms with van der Waals surface area (Å²) in [7, 11) is 0. The summed E-state index contributed by atoms with van der Waals surface area (Å²) in [6, 6.07) is 7.83. The van der Waals surface area contributed by atoms with E-state index in [1.807, 2.05) is 12.1 Å². The van der Waals surface area contributed by atoms with Gasteiger partial charge in [0, 0.05) is 32.2 Å². The van der Waals surface area contributed by atoms with Crippen LogP contribution in [0.1, 0.15) is 29.8 Å². The van der Waals surface area contributed by atoms with E-state index < -0.39 is 5.97 Å². The summed E-state index contributed by atoms with van der Waals surface area (Å²) in [6.07, 6.45) is 0. The fourth-order valence-corrected chi connectivity index (χ4v) is 2.79. The first-order valence-electron chi connectivity index (χ1n) is 6.89. The molecule has 0 aromatic heterocycles. The van der Waals surface area contributed by atoms with Crippen LogP contribution in [0, 0.1) is 0 Å². The molecule has 0 spiro atoms. The molecular weight excluding hydrogens is 240 g/mol. The van der Waals surface area contributed by atoms with E-state index in [1.54, 1.807) is 12.1 Å². The average Bonchev–Trinajstić information content (AvgIpc) is 2.39. The van der Waals surface area contributed by atoms with Gasteiger partial charge in [-0.15, -0.1) is 0 Å². The van der Waals surface area contributed by atoms with E-state index in [0.717, 1.165) is 38.3 Å². The largest absolute Gasteiger partial charge is 0.478 e. The minimum atomic E-state index is -0.837. The lowest BCUT2D eigenvalue weighted by atomic mass is 10.1. The average molecular weight is 262 g/mol. The Bertz CT molecular complexity index is 448. The summed E-state index contributed by atoms with van der Waals surface area (Å²) in [5, 5.41) is 9.20. The van der Waals surface area contributed by atoms with E-state index in [0.29, 0.717) is 11.6 Å². The second-order valence-electron chi connectivity index (χ2n) is 5.18.